The smallest absolute Gasteiger partial charge is 0.238 e. The molecule has 1 aromatic rings. The predicted octanol–water partition coefficient (Wildman–Crippen LogP) is 1.88. The van der Waals surface area contributed by atoms with Crippen molar-refractivity contribution in [3.63, 3.8) is 0 Å². The van der Waals surface area contributed by atoms with Gasteiger partial charge in [0.1, 0.15) is 6.20 Å². The lowest BCUT2D eigenvalue weighted by molar-refractivity contribution is -0.681. The summed E-state index contributed by atoms with van der Waals surface area (Å²) in [7, 11) is 1.97. The van der Waals surface area contributed by atoms with Gasteiger partial charge in [0.25, 0.3) is 5.82 Å². The quantitative estimate of drug-likeness (QED) is 0.523. The molecule has 0 unspecified atom stereocenters. The van der Waals surface area contributed by atoms with Gasteiger partial charge in [-0.15, -0.1) is 0 Å². The summed E-state index contributed by atoms with van der Waals surface area (Å²) in [6.45, 7) is 5.97. The molecule has 0 N–H and O–H groups in total. The van der Waals surface area contributed by atoms with Crippen molar-refractivity contribution >= 4 is 0 Å². The lowest BCUT2D eigenvalue weighted by Gasteiger charge is -1.86. The number of hydrogen-bond acceptors (Lipinski definition) is 1. The molecule has 64 valence electrons. The maximum atomic E-state index is 4.04. The van der Waals surface area contributed by atoms with Crippen molar-refractivity contribution in [1.29, 1.82) is 0 Å². The topological polar surface area (TPSA) is 16.8 Å². The first-order valence-corrected chi connectivity index (χ1v) is 3.58. The van der Waals surface area contributed by atoms with Gasteiger partial charge in [0, 0.05) is 13.0 Å². The molecule has 0 saturated carbocycles. The first-order chi connectivity index (χ1) is 4.80. The molecule has 0 radical (unpaired) electrons. The number of nitrogens with zero attached hydrogens (tertiary/aromatic N) is 2. The van der Waals surface area contributed by atoms with E-state index < -0.39 is 0 Å². The van der Waals surface area contributed by atoms with E-state index in [2.05, 4.69) is 4.98 Å². The van der Waals surface area contributed by atoms with Gasteiger partial charge in [-0.05, 0) is 0 Å². The highest BCUT2D eigenvalue weighted by atomic mass is 15.0. The summed E-state index contributed by atoms with van der Waals surface area (Å²) in [6, 6.07) is 1.91. The van der Waals surface area contributed by atoms with Gasteiger partial charge in [-0.1, -0.05) is 26.3 Å². The molecule has 0 saturated heterocycles. The van der Waals surface area contributed by atoms with Gasteiger partial charge in [0.15, 0.2) is 0 Å². The molecular formula is C9H19N2+. The average molecular weight is 155 g/mol. The minimum absolute atomic E-state index is 0. The van der Waals surface area contributed by atoms with Crippen molar-refractivity contribution < 1.29 is 4.57 Å². The predicted molar refractivity (Wildman–Crippen MR) is 48.2 cm³/mol. The van der Waals surface area contributed by atoms with E-state index >= 15 is 0 Å². The lowest BCUT2D eigenvalue weighted by atomic mass is 10.6. The van der Waals surface area contributed by atoms with E-state index in [0.29, 0.717) is 0 Å². The molecule has 0 aliphatic heterocycles. The van der Waals surface area contributed by atoms with Crippen LogP contribution in [0.3, 0.4) is 0 Å². The summed E-state index contributed by atoms with van der Waals surface area (Å²) >= 11 is 0. The summed E-state index contributed by atoms with van der Waals surface area (Å²) in [4.78, 5) is 4.04. The molecule has 1 heterocycles. The molecule has 0 aliphatic rings. The second-order valence-electron chi connectivity index (χ2n) is 1.78. The third kappa shape index (κ3) is 4.48. The van der Waals surface area contributed by atoms with Crippen LogP contribution in [0.1, 0.15) is 27.1 Å². The number of hydrogen-bond donors (Lipinski definition) is 0. The second-order valence-corrected chi connectivity index (χ2v) is 1.78. The van der Waals surface area contributed by atoms with Crippen molar-refractivity contribution in [3.05, 3.63) is 24.3 Å². The first kappa shape index (κ1) is 12.7. The van der Waals surface area contributed by atoms with Gasteiger partial charge in [-0.25, -0.2) is 4.57 Å². The Labute approximate surface area is 69.9 Å². The first-order valence-electron chi connectivity index (χ1n) is 3.58. The fourth-order valence-electron chi connectivity index (χ4n) is 0.517. The third-order valence-electron chi connectivity index (χ3n) is 1.17. The summed E-state index contributed by atoms with van der Waals surface area (Å²) in [5.74, 6) is 1.03. The zero-order valence-corrected chi connectivity index (χ0v) is 7.13. The minimum Gasteiger partial charge on any atom is -0.238 e. The minimum atomic E-state index is 0. The van der Waals surface area contributed by atoms with Crippen molar-refractivity contribution in [2.75, 3.05) is 0 Å². The van der Waals surface area contributed by atoms with Gasteiger partial charge in [0.2, 0.25) is 0 Å². The molecule has 0 fully saturated rings. The second kappa shape index (κ2) is 7.19. The third-order valence-corrected chi connectivity index (χ3v) is 1.17. The molecule has 2 nitrogen and oxygen atoms in total. The standard InChI is InChI=1S/C6H9N2.C2H6.CH4/c1-6-7-4-3-5-8(6)2;1-2;/h3-5H,1-2H3;1-2H3;1H4/q+1;;. The Kier molecular flexibility index (Phi) is 8.32. The maximum Gasteiger partial charge on any atom is 0.294 e. The summed E-state index contributed by atoms with van der Waals surface area (Å²) in [5.41, 5.74) is 0. The molecule has 11 heavy (non-hydrogen) atoms. The van der Waals surface area contributed by atoms with Crippen LogP contribution in [0.15, 0.2) is 18.5 Å². The molecule has 0 aliphatic carbocycles. The Morgan fingerprint density at radius 3 is 2.18 bits per heavy atom. The fraction of sp³-hybridized carbons (Fsp3) is 0.556. The van der Waals surface area contributed by atoms with E-state index in [1.807, 2.05) is 44.6 Å². The number of aromatic nitrogens is 2. The van der Waals surface area contributed by atoms with Crippen molar-refractivity contribution in [2.24, 2.45) is 7.05 Å². The molecule has 1 rings (SSSR count). The van der Waals surface area contributed by atoms with Gasteiger partial charge >= 0.3 is 0 Å². The normalized spacial score (nSPS) is 7.27. The van der Waals surface area contributed by atoms with Gasteiger partial charge in [-0.3, -0.25) is 0 Å². The van der Waals surface area contributed by atoms with Crippen LogP contribution >= 0.6 is 0 Å². The Morgan fingerprint density at radius 1 is 1.36 bits per heavy atom. The fourth-order valence-corrected chi connectivity index (χ4v) is 0.517. The molecular weight excluding hydrogens is 136 g/mol. The highest BCUT2D eigenvalue weighted by Crippen LogP contribution is 1.75. The Hall–Kier alpha value is -0.920. The van der Waals surface area contributed by atoms with E-state index in [4.69, 9.17) is 0 Å². The number of aryl methyl sites for hydroxylation is 2. The summed E-state index contributed by atoms with van der Waals surface area (Å²) < 4.78 is 1.97. The van der Waals surface area contributed by atoms with E-state index in [0.717, 1.165) is 5.82 Å². The van der Waals surface area contributed by atoms with Crippen LogP contribution in [-0.4, -0.2) is 4.98 Å². The van der Waals surface area contributed by atoms with Crippen molar-refractivity contribution in [3.8, 4) is 0 Å². The lowest BCUT2D eigenvalue weighted by Crippen LogP contribution is -2.31. The summed E-state index contributed by atoms with van der Waals surface area (Å²) in [5, 5.41) is 0. The highest BCUT2D eigenvalue weighted by molar-refractivity contribution is 4.75. The van der Waals surface area contributed by atoms with Crippen LogP contribution in [0, 0.1) is 6.92 Å². The van der Waals surface area contributed by atoms with E-state index in [-0.39, 0.29) is 7.43 Å². The molecule has 1 aromatic heterocycles. The van der Waals surface area contributed by atoms with Gasteiger partial charge in [0.05, 0.1) is 13.2 Å². The molecule has 0 aromatic carbocycles. The molecule has 2 heteroatoms. The van der Waals surface area contributed by atoms with Crippen LogP contribution < -0.4 is 4.57 Å². The Balaban J connectivity index is 0. The average Bonchev–Trinajstić information content (AvgIpc) is 2.00. The number of rotatable bonds is 0. The Bertz CT molecular complexity index is 164. The van der Waals surface area contributed by atoms with E-state index in [9.17, 15) is 0 Å². The van der Waals surface area contributed by atoms with Crippen molar-refractivity contribution in [2.45, 2.75) is 28.2 Å². The van der Waals surface area contributed by atoms with Crippen molar-refractivity contribution in [1.82, 2.24) is 4.98 Å². The largest absolute Gasteiger partial charge is 0.294 e. The molecule has 0 atom stereocenters. The highest BCUT2D eigenvalue weighted by Gasteiger charge is 1.94. The van der Waals surface area contributed by atoms with Crippen LogP contribution in [0.5, 0.6) is 0 Å². The molecule has 0 amide bonds. The monoisotopic (exact) mass is 155 g/mol. The van der Waals surface area contributed by atoms with E-state index in [1.165, 1.54) is 0 Å². The molecule has 0 spiro atoms. The van der Waals surface area contributed by atoms with Crippen LogP contribution in [-0.2, 0) is 7.05 Å². The zero-order chi connectivity index (χ0) is 7.98. The van der Waals surface area contributed by atoms with Crippen LogP contribution in [0.4, 0.5) is 0 Å². The molecule has 0 bridgehead atoms. The van der Waals surface area contributed by atoms with Gasteiger partial charge < -0.3 is 0 Å². The van der Waals surface area contributed by atoms with Crippen LogP contribution in [0.2, 0.25) is 0 Å². The zero-order valence-electron chi connectivity index (χ0n) is 7.13. The van der Waals surface area contributed by atoms with Gasteiger partial charge in [-0.2, -0.15) is 0 Å². The maximum absolute atomic E-state index is 4.04. The van der Waals surface area contributed by atoms with E-state index in [1.54, 1.807) is 6.20 Å². The van der Waals surface area contributed by atoms with Crippen LogP contribution in [0.25, 0.3) is 0 Å². The Morgan fingerprint density at radius 2 is 1.91 bits per heavy atom. The SMILES string of the molecule is C.CC.Cc1nccc[n+]1C. The summed E-state index contributed by atoms with van der Waals surface area (Å²) in [6.07, 6.45) is 3.76.